The summed E-state index contributed by atoms with van der Waals surface area (Å²) in [5.74, 6) is -2.42. The van der Waals surface area contributed by atoms with E-state index in [2.05, 4.69) is 4.74 Å². The van der Waals surface area contributed by atoms with Crippen molar-refractivity contribution >= 4 is 26.6 Å². The van der Waals surface area contributed by atoms with Crippen molar-refractivity contribution in [2.75, 3.05) is 6.61 Å². The van der Waals surface area contributed by atoms with Crippen LogP contribution in [0.3, 0.4) is 0 Å². The molecule has 0 N–H and O–H groups in total. The van der Waals surface area contributed by atoms with Crippen LogP contribution in [-0.2, 0) is 19.4 Å². The molecule has 0 bridgehead atoms. The van der Waals surface area contributed by atoms with Gasteiger partial charge in [-0.05, 0) is 41.5 Å². The van der Waals surface area contributed by atoms with Gasteiger partial charge in [0.2, 0.25) is 5.83 Å². The lowest BCUT2D eigenvalue weighted by Crippen LogP contribution is -2.14. The standard InChI is InChI=1S/C22H19FO4S/c1-2-27-22(24)20(23)15-21(17-9-4-3-5-10-17)28(25,26)19-13-12-16-8-6-7-11-18(16)14-19/h3-15,21H,2H2,1H3/b20-15-. The van der Waals surface area contributed by atoms with Crippen LogP contribution in [0.25, 0.3) is 10.8 Å². The monoisotopic (exact) mass is 398 g/mol. The molecule has 3 rings (SSSR count). The van der Waals surface area contributed by atoms with Gasteiger partial charge in [0.05, 0.1) is 11.5 Å². The van der Waals surface area contributed by atoms with Crippen molar-refractivity contribution in [3.8, 4) is 0 Å². The number of hydrogen-bond donors (Lipinski definition) is 0. The minimum atomic E-state index is -4.01. The molecule has 1 atom stereocenters. The molecule has 0 amide bonds. The summed E-state index contributed by atoms with van der Waals surface area (Å²) in [6.45, 7) is 1.54. The summed E-state index contributed by atoms with van der Waals surface area (Å²) in [5.41, 5.74) is 0.357. The van der Waals surface area contributed by atoms with E-state index in [9.17, 15) is 17.6 Å². The lowest BCUT2D eigenvalue weighted by Gasteiger charge is -2.16. The molecule has 1 unspecified atom stereocenters. The van der Waals surface area contributed by atoms with Gasteiger partial charge in [0.25, 0.3) is 0 Å². The Bertz CT molecular complexity index is 1120. The maximum absolute atomic E-state index is 14.3. The normalized spacial score (nSPS) is 13.3. The second kappa shape index (κ2) is 8.35. The predicted octanol–water partition coefficient (Wildman–Crippen LogP) is 4.77. The van der Waals surface area contributed by atoms with Gasteiger partial charge in [0, 0.05) is 0 Å². The molecule has 144 valence electrons. The molecule has 28 heavy (non-hydrogen) atoms. The van der Waals surface area contributed by atoms with Crippen LogP contribution in [0.15, 0.2) is 89.6 Å². The molecule has 0 saturated heterocycles. The first-order valence-electron chi connectivity index (χ1n) is 8.75. The molecule has 0 aliphatic carbocycles. The van der Waals surface area contributed by atoms with Crippen LogP contribution in [0.5, 0.6) is 0 Å². The molecule has 3 aromatic carbocycles. The number of carbonyl (C=O) groups is 1. The van der Waals surface area contributed by atoms with E-state index in [0.717, 1.165) is 16.8 Å². The van der Waals surface area contributed by atoms with E-state index >= 15 is 0 Å². The number of halogens is 1. The van der Waals surface area contributed by atoms with E-state index in [1.54, 1.807) is 55.5 Å². The fraction of sp³-hybridized carbons (Fsp3) is 0.136. The molecule has 0 spiro atoms. The predicted molar refractivity (Wildman–Crippen MR) is 106 cm³/mol. The smallest absolute Gasteiger partial charge is 0.366 e. The van der Waals surface area contributed by atoms with Crippen molar-refractivity contribution in [2.24, 2.45) is 0 Å². The van der Waals surface area contributed by atoms with Crippen molar-refractivity contribution in [1.29, 1.82) is 0 Å². The zero-order valence-electron chi connectivity index (χ0n) is 15.2. The van der Waals surface area contributed by atoms with E-state index < -0.39 is 26.9 Å². The summed E-state index contributed by atoms with van der Waals surface area (Å²) in [6, 6.07) is 20.3. The van der Waals surface area contributed by atoms with Crippen LogP contribution >= 0.6 is 0 Å². The first kappa shape index (κ1) is 19.8. The van der Waals surface area contributed by atoms with Crippen molar-refractivity contribution in [2.45, 2.75) is 17.1 Å². The molecule has 0 aliphatic heterocycles. The van der Waals surface area contributed by atoms with E-state index in [1.165, 1.54) is 6.07 Å². The maximum Gasteiger partial charge on any atom is 0.366 e. The first-order chi connectivity index (χ1) is 13.4. The van der Waals surface area contributed by atoms with Gasteiger partial charge in [0.1, 0.15) is 5.25 Å². The Morgan fingerprint density at radius 3 is 2.32 bits per heavy atom. The second-order valence-corrected chi connectivity index (χ2v) is 8.19. The summed E-state index contributed by atoms with van der Waals surface area (Å²) in [6.07, 6.45) is 0.803. The lowest BCUT2D eigenvalue weighted by molar-refractivity contribution is -0.140. The third-order valence-corrected chi connectivity index (χ3v) is 6.27. The van der Waals surface area contributed by atoms with Crippen molar-refractivity contribution in [3.63, 3.8) is 0 Å². The molecule has 0 radical (unpaired) electrons. The van der Waals surface area contributed by atoms with Gasteiger partial charge in [-0.15, -0.1) is 0 Å². The lowest BCUT2D eigenvalue weighted by atomic mass is 10.1. The van der Waals surface area contributed by atoms with Crippen LogP contribution in [0.4, 0.5) is 4.39 Å². The van der Waals surface area contributed by atoms with Crippen LogP contribution in [0, 0.1) is 0 Å². The molecule has 6 heteroatoms. The Kier molecular flexibility index (Phi) is 5.90. The number of ether oxygens (including phenoxy) is 1. The van der Waals surface area contributed by atoms with Gasteiger partial charge in [-0.1, -0.05) is 60.7 Å². The maximum atomic E-state index is 14.3. The third kappa shape index (κ3) is 4.12. The van der Waals surface area contributed by atoms with Gasteiger partial charge in [0.15, 0.2) is 9.84 Å². The SMILES string of the molecule is CCOC(=O)/C(F)=C/C(c1ccccc1)S(=O)(=O)c1ccc2ccccc2c1. The molecule has 0 aliphatic rings. The summed E-state index contributed by atoms with van der Waals surface area (Å²) in [5, 5.41) is 0.287. The molecule has 0 heterocycles. The van der Waals surface area contributed by atoms with Crippen LogP contribution in [-0.4, -0.2) is 21.0 Å². The van der Waals surface area contributed by atoms with Crippen molar-refractivity contribution in [1.82, 2.24) is 0 Å². The fourth-order valence-corrected chi connectivity index (χ4v) is 4.56. The highest BCUT2D eigenvalue weighted by Gasteiger charge is 2.29. The van der Waals surface area contributed by atoms with Crippen molar-refractivity contribution in [3.05, 3.63) is 90.3 Å². The topological polar surface area (TPSA) is 60.4 Å². The highest BCUT2D eigenvalue weighted by atomic mass is 32.2. The summed E-state index contributed by atoms with van der Waals surface area (Å²) in [7, 11) is -4.01. The molecule has 4 nitrogen and oxygen atoms in total. The molecule has 0 fully saturated rings. The zero-order chi connectivity index (χ0) is 20.1. The molecule has 3 aromatic rings. The minimum absolute atomic E-state index is 0.00643. The minimum Gasteiger partial charge on any atom is -0.461 e. The Labute approximate surface area is 163 Å². The van der Waals surface area contributed by atoms with E-state index in [1.807, 2.05) is 18.2 Å². The highest BCUT2D eigenvalue weighted by molar-refractivity contribution is 7.91. The third-order valence-electron chi connectivity index (χ3n) is 4.28. The number of sulfone groups is 1. The number of rotatable bonds is 6. The first-order valence-corrected chi connectivity index (χ1v) is 10.3. The van der Waals surface area contributed by atoms with E-state index in [-0.39, 0.29) is 11.5 Å². The van der Waals surface area contributed by atoms with Crippen molar-refractivity contribution < 1.29 is 22.3 Å². The largest absolute Gasteiger partial charge is 0.461 e. The summed E-state index contributed by atoms with van der Waals surface area (Å²) < 4.78 is 45.6. The number of carbonyl (C=O) groups excluding carboxylic acids is 1. The molecular weight excluding hydrogens is 379 g/mol. The molecule has 0 aromatic heterocycles. The highest BCUT2D eigenvalue weighted by Crippen LogP contribution is 2.33. The van der Waals surface area contributed by atoms with E-state index in [0.29, 0.717) is 5.56 Å². The Morgan fingerprint density at radius 1 is 1.00 bits per heavy atom. The van der Waals surface area contributed by atoms with Gasteiger partial charge in [-0.3, -0.25) is 0 Å². The quantitative estimate of drug-likeness (QED) is 0.443. The number of benzene rings is 3. The average Bonchev–Trinajstić information content (AvgIpc) is 2.72. The molecule has 0 saturated carbocycles. The fourth-order valence-electron chi connectivity index (χ4n) is 2.90. The number of hydrogen-bond acceptors (Lipinski definition) is 4. The Balaban J connectivity index is 2.12. The number of fused-ring (bicyclic) bond motifs is 1. The Morgan fingerprint density at radius 2 is 1.64 bits per heavy atom. The Hall–Kier alpha value is -2.99. The van der Waals surface area contributed by atoms with Crippen LogP contribution in [0.1, 0.15) is 17.7 Å². The second-order valence-electron chi connectivity index (χ2n) is 6.12. The van der Waals surface area contributed by atoms with Gasteiger partial charge in [-0.2, -0.15) is 4.39 Å². The molecular formula is C22H19FO4S. The summed E-state index contributed by atoms with van der Waals surface area (Å²) in [4.78, 5) is 11.7. The van der Waals surface area contributed by atoms with E-state index in [4.69, 9.17) is 0 Å². The number of esters is 1. The van der Waals surface area contributed by atoms with Crippen LogP contribution < -0.4 is 0 Å². The van der Waals surface area contributed by atoms with Gasteiger partial charge in [-0.25, -0.2) is 13.2 Å². The zero-order valence-corrected chi connectivity index (χ0v) is 16.0. The van der Waals surface area contributed by atoms with Crippen LogP contribution in [0.2, 0.25) is 0 Å². The average molecular weight is 398 g/mol. The van der Waals surface area contributed by atoms with Gasteiger partial charge >= 0.3 is 5.97 Å². The van der Waals surface area contributed by atoms with Gasteiger partial charge < -0.3 is 4.74 Å². The summed E-state index contributed by atoms with van der Waals surface area (Å²) >= 11 is 0.